The fraction of sp³-hybridized carbons (Fsp3) is 0.700. The molecule has 1 N–H and O–H groups in total. The first-order valence-electron chi connectivity index (χ1n) is 4.71. The molecule has 0 saturated heterocycles. The van der Waals surface area contributed by atoms with E-state index in [9.17, 15) is 0 Å². The van der Waals surface area contributed by atoms with Gasteiger partial charge in [-0.25, -0.2) is 0 Å². The van der Waals surface area contributed by atoms with Crippen LogP contribution in [0.15, 0.2) is 11.7 Å². The predicted octanol–water partition coefficient (Wildman–Crippen LogP) is 2.45. The summed E-state index contributed by atoms with van der Waals surface area (Å²) in [5.41, 5.74) is 2.44. The molecule has 2 rings (SSSR count). The van der Waals surface area contributed by atoms with Crippen molar-refractivity contribution in [3.63, 3.8) is 0 Å². The zero-order valence-corrected chi connectivity index (χ0v) is 9.19. The van der Waals surface area contributed by atoms with Crippen LogP contribution in [0.1, 0.15) is 31.2 Å². The minimum atomic E-state index is 0.516. The number of rotatable bonds is 3. The van der Waals surface area contributed by atoms with Gasteiger partial charge >= 0.3 is 0 Å². The topological polar surface area (TPSA) is 24.9 Å². The van der Waals surface area contributed by atoms with Crippen LogP contribution in [0.4, 0.5) is 0 Å². The molecule has 1 aliphatic carbocycles. The van der Waals surface area contributed by atoms with Crippen LogP contribution in [-0.2, 0) is 0 Å². The van der Waals surface area contributed by atoms with E-state index in [4.69, 9.17) is 0 Å². The van der Waals surface area contributed by atoms with Gasteiger partial charge < -0.3 is 5.32 Å². The Bertz CT molecular complexity index is 279. The summed E-state index contributed by atoms with van der Waals surface area (Å²) in [4.78, 5) is 5.50. The van der Waals surface area contributed by atoms with Gasteiger partial charge in [0, 0.05) is 17.1 Å². The molecular formula is C10H16N2S. The molecule has 1 heterocycles. The van der Waals surface area contributed by atoms with E-state index in [1.807, 2.05) is 18.8 Å². The van der Waals surface area contributed by atoms with Gasteiger partial charge in [0.15, 0.2) is 0 Å². The molecule has 0 spiro atoms. The summed E-state index contributed by atoms with van der Waals surface area (Å²) < 4.78 is 0. The first-order chi connectivity index (χ1) is 6.15. The second kappa shape index (κ2) is 3.07. The number of nitrogens with zero attached hydrogens (tertiary/aromatic N) is 1. The highest BCUT2D eigenvalue weighted by molar-refractivity contribution is 7.09. The minimum absolute atomic E-state index is 0.516. The molecule has 3 heteroatoms. The highest BCUT2D eigenvalue weighted by Crippen LogP contribution is 2.57. The van der Waals surface area contributed by atoms with Crippen molar-refractivity contribution in [3.05, 3.63) is 16.6 Å². The third-order valence-electron chi connectivity index (χ3n) is 3.06. The van der Waals surface area contributed by atoms with Gasteiger partial charge in [-0.05, 0) is 24.8 Å². The van der Waals surface area contributed by atoms with Gasteiger partial charge in [0.1, 0.15) is 0 Å². The number of hydrogen-bond donors (Lipinski definition) is 1. The van der Waals surface area contributed by atoms with Crippen LogP contribution in [-0.4, -0.2) is 12.0 Å². The summed E-state index contributed by atoms with van der Waals surface area (Å²) >= 11 is 1.75. The van der Waals surface area contributed by atoms with Gasteiger partial charge in [-0.15, -0.1) is 11.3 Å². The largest absolute Gasteiger partial charge is 0.312 e. The zero-order chi connectivity index (χ0) is 9.47. The molecule has 0 amide bonds. The fourth-order valence-electron chi connectivity index (χ4n) is 2.00. The molecule has 0 bridgehead atoms. The maximum Gasteiger partial charge on any atom is 0.0794 e. The number of hydrogen-bond acceptors (Lipinski definition) is 3. The van der Waals surface area contributed by atoms with E-state index in [1.54, 1.807) is 11.3 Å². The molecule has 2 nitrogen and oxygen atoms in total. The highest BCUT2D eigenvalue weighted by atomic mass is 32.1. The number of aromatic nitrogens is 1. The van der Waals surface area contributed by atoms with Crippen LogP contribution in [0.25, 0.3) is 0 Å². The lowest BCUT2D eigenvalue weighted by molar-refractivity contribution is 0.445. The van der Waals surface area contributed by atoms with Crippen molar-refractivity contribution in [2.75, 3.05) is 7.05 Å². The van der Waals surface area contributed by atoms with E-state index >= 15 is 0 Å². The van der Waals surface area contributed by atoms with Crippen molar-refractivity contribution in [1.29, 1.82) is 0 Å². The Morgan fingerprint density at radius 2 is 2.38 bits per heavy atom. The molecule has 1 saturated carbocycles. The quantitative estimate of drug-likeness (QED) is 0.803. The Labute approximate surface area is 83.4 Å². The summed E-state index contributed by atoms with van der Waals surface area (Å²) in [6, 6.07) is 0.516. The lowest BCUT2D eigenvalue weighted by atomic mass is 10.0. The van der Waals surface area contributed by atoms with E-state index in [-0.39, 0.29) is 0 Å². The maximum absolute atomic E-state index is 4.13. The van der Waals surface area contributed by atoms with Crippen molar-refractivity contribution in [1.82, 2.24) is 10.3 Å². The van der Waals surface area contributed by atoms with E-state index in [0.29, 0.717) is 11.5 Å². The molecular weight excluding hydrogens is 180 g/mol. The van der Waals surface area contributed by atoms with Gasteiger partial charge in [0.25, 0.3) is 0 Å². The van der Waals surface area contributed by atoms with Crippen molar-refractivity contribution in [3.8, 4) is 0 Å². The van der Waals surface area contributed by atoms with E-state index in [0.717, 1.165) is 5.92 Å². The van der Waals surface area contributed by atoms with Crippen molar-refractivity contribution in [2.45, 2.75) is 26.3 Å². The van der Waals surface area contributed by atoms with Crippen LogP contribution in [0.3, 0.4) is 0 Å². The summed E-state index contributed by atoms with van der Waals surface area (Å²) in [6.07, 6.45) is 3.32. The first-order valence-corrected chi connectivity index (χ1v) is 5.59. The first kappa shape index (κ1) is 9.16. The third kappa shape index (κ3) is 1.63. The van der Waals surface area contributed by atoms with Crippen molar-refractivity contribution in [2.24, 2.45) is 11.3 Å². The zero-order valence-electron chi connectivity index (χ0n) is 8.37. The number of nitrogens with one attached hydrogen (secondary N) is 1. The van der Waals surface area contributed by atoms with Gasteiger partial charge in [-0.3, -0.25) is 4.98 Å². The monoisotopic (exact) mass is 196 g/mol. The van der Waals surface area contributed by atoms with Crippen LogP contribution in [0.2, 0.25) is 0 Å². The molecule has 1 aliphatic rings. The standard InChI is InChI=1S/C10H16N2S/c1-10(2)4-7(10)9(11-3)8-5-12-6-13-8/h5-7,9,11H,4H2,1-3H3. The van der Waals surface area contributed by atoms with Crippen LogP contribution in [0.5, 0.6) is 0 Å². The van der Waals surface area contributed by atoms with E-state index in [1.165, 1.54) is 11.3 Å². The third-order valence-corrected chi connectivity index (χ3v) is 3.92. The molecule has 72 valence electrons. The summed E-state index contributed by atoms with van der Waals surface area (Å²) in [5, 5.41) is 3.39. The van der Waals surface area contributed by atoms with Gasteiger partial charge in [0.05, 0.1) is 5.51 Å². The molecule has 1 fully saturated rings. The summed E-state index contributed by atoms with van der Waals surface area (Å²) in [6.45, 7) is 4.67. The second-order valence-electron chi connectivity index (χ2n) is 4.47. The Hall–Kier alpha value is -0.410. The van der Waals surface area contributed by atoms with E-state index < -0.39 is 0 Å². The Balaban J connectivity index is 2.12. The van der Waals surface area contributed by atoms with Crippen LogP contribution in [0, 0.1) is 11.3 Å². The average Bonchev–Trinajstić information content (AvgIpc) is 2.55. The highest BCUT2D eigenvalue weighted by Gasteiger charge is 2.50. The summed E-state index contributed by atoms with van der Waals surface area (Å²) in [5.74, 6) is 0.790. The lowest BCUT2D eigenvalue weighted by Crippen LogP contribution is -2.19. The molecule has 2 atom stereocenters. The van der Waals surface area contributed by atoms with Gasteiger partial charge in [0.2, 0.25) is 0 Å². The predicted molar refractivity (Wildman–Crippen MR) is 55.8 cm³/mol. The minimum Gasteiger partial charge on any atom is -0.312 e. The molecule has 1 aromatic heterocycles. The normalized spacial score (nSPS) is 27.2. The van der Waals surface area contributed by atoms with Gasteiger partial charge in [-0.1, -0.05) is 13.8 Å². The van der Waals surface area contributed by atoms with Crippen molar-refractivity contribution < 1.29 is 0 Å². The maximum atomic E-state index is 4.13. The molecule has 0 radical (unpaired) electrons. The molecule has 2 unspecified atom stereocenters. The van der Waals surface area contributed by atoms with Crippen molar-refractivity contribution >= 4 is 11.3 Å². The summed E-state index contributed by atoms with van der Waals surface area (Å²) in [7, 11) is 2.04. The average molecular weight is 196 g/mol. The lowest BCUT2D eigenvalue weighted by Gasteiger charge is -2.15. The van der Waals surface area contributed by atoms with Crippen LogP contribution < -0.4 is 5.32 Å². The molecule has 13 heavy (non-hydrogen) atoms. The van der Waals surface area contributed by atoms with E-state index in [2.05, 4.69) is 24.1 Å². The fourth-order valence-corrected chi connectivity index (χ4v) is 2.79. The molecule has 0 aliphatic heterocycles. The van der Waals surface area contributed by atoms with Gasteiger partial charge in [-0.2, -0.15) is 0 Å². The number of thiazole rings is 1. The Morgan fingerprint density at radius 1 is 1.69 bits per heavy atom. The smallest absolute Gasteiger partial charge is 0.0794 e. The SMILES string of the molecule is CNC(c1cncs1)C1CC1(C)C. The Kier molecular flexibility index (Phi) is 2.16. The second-order valence-corrected chi connectivity index (χ2v) is 5.39. The molecule has 1 aromatic rings. The van der Waals surface area contributed by atoms with Crippen LogP contribution >= 0.6 is 11.3 Å². The Morgan fingerprint density at radius 3 is 2.77 bits per heavy atom. The molecule has 0 aromatic carbocycles.